The number of amides is 1. The molecule has 1 saturated carbocycles. The lowest BCUT2D eigenvalue weighted by atomic mass is 9.76. The predicted molar refractivity (Wildman–Crippen MR) is 73.2 cm³/mol. The van der Waals surface area contributed by atoms with E-state index in [1.165, 1.54) is 32.1 Å². The summed E-state index contributed by atoms with van der Waals surface area (Å²) in [7, 11) is 0. The van der Waals surface area contributed by atoms with Crippen molar-refractivity contribution in [3.05, 3.63) is 0 Å². The smallest absolute Gasteiger partial charge is 0.234 e. The van der Waals surface area contributed by atoms with Gasteiger partial charge in [-0.2, -0.15) is 0 Å². The number of nitrogens with two attached hydrogens (primary N) is 1. The zero-order chi connectivity index (χ0) is 13.0. The van der Waals surface area contributed by atoms with Gasteiger partial charge in [-0.25, -0.2) is 0 Å². The molecule has 1 amide bonds. The molecule has 3 unspecified atom stereocenters. The fourth-order valence-corrected chi connectivity index (χ4v) is 3.63. The van der Waals surface area contributed by atoms with Gasteiger partial charge in [0.2, 0.25) is 5.91 Å². The van der Waals surface area contributed by atoms with Crippen LogP contribution >= 0.6 is 0 Å². The second-order valence-corrected chi connectivity index (χ2v) is 5.85. The first-order valence-corrected chi connectivity index (χ1v) is 7.45. The minimum Gasteiger partial charge on any atom is -0.354 e. The van der Waals surface area contributed by atoms with Crippen LogP contribution < -0.4 is 11.1 Å². The summed E-state index contributed by atoms with van der Waals surface area (Å²) in [5.41, 5.74) is 5.93. The van der Waals surface area contributed by atoms with E-state index in [1.807, 2.05) is 0 Å². The summed E-state index contributed by atoms with van der Waals surface area (Å²) in [6.07, 6.45) is 6.40. The zero-order valence-corrected chi connectivity index (χ0v) is 11.5. The van der Waals surface area contributed by atoms with Crippen molar-refractivity contribution in [2.45, 2.75) is 45.1 Å². The Labute approximate surface area is 110 Å². The quantitative estimate of drug-likeness (QED) is 0.784. The normalized spacial score (nSPS) is 34.3. The van der Waals surface area contributed by atoms with Gasteiger partial charge in [-0.3, -0.25) is 9.69 Å². The van der Waals surface area contributed by atoms with E-state index in [0.29, 0.717) is 18.5 Å². The van der Waals surface area contributed by atoms with Crippen molar-refractivity contribution in [2.75, 3.05) is 26.2 Å². The van der Waals surface area contributed by atoms with Crippen molar-refractivity contribution in [1.82, 2.24) is 10.2 Å². The molecular formula is C14H27N3O. The summed E-state index contributed by atoms with van der Waals surface area (Å²) < 4.78 is 0. The molecule has 2 aliphatic rings. The molecular weight excluding hydrogens is 226 g/mol. The van der Waals surface area contributed by atoms with Gasteiger partial charge >= 0.3 is 0 Å². The second kappa shape index (κ2) is 6.53. The van der Waals surface area contributed by atoms with Crippen molar-refractivity contribution < 1.29 is 4.79 Å². The van der Waals surface area contributed by atoms with E-state index >= 15 is 0 Å². The maximum absolute atomic E-state index is 11.5. The molecule has 1 aliphatic carbocycles. The summed E-state index contributed by atoms with van der Waals surface area (Å²) in [6, 6.07) is 0.534. The molecule has 0 aromatic carbocycles. The lowest BCUT2D eigenvalue weighted by Gasteiger charge is -2.43. The van der Waals surface area contributed by atoms with Crippen LogP contribution in [0.1, 0.15) is 39.0 Å². The fraction of sp³-hybridized carbons (Fsp3) is 0.929. The number of rotatable bonds is 4. The molecule has 18 heavy (non-hydrogen) atoms. The molecule has 4 heteroatoms. The van der Waals surface area contributed by atoms with E-state index < -0.39 is 0 Å². The van der Waals surface area contributed by atoms with E-state index in [0.717, 1.165) is 25.6 Å². The van der Waals surface area contributed by atoms with Crippen molar-refractivity contribution in [1.29, 1.82) is 0 Å². The van der Waals surface area contributed by atoms with Crippen LogP contribution in [0.2, 0.25) is 0 Å². The maximum atomic E-state index is 11.5. The molecule has 2 fully saturated rings. The second-order valence-electron chi connectivity index (χ2n) is 5.85. The standard InChI is InChI=1S/C14H27N3O/c1-2-3-11-4-5-12(9-15)13(8-11)17-7-6-16-14(18)10-17/h11-13H,2-10,15H2,1H3,(H,16,18). The molecule has 1 saturated heterocycles. The van der Waals surface area contributed by atoms with Crippen LogP contribution in [0.15, 0.2) is 0 Å². The Morgan fingerprint density at radius 1 is 1.44 bits per heavy atom. The molecule has 0 radical (unpaired) electrons. The number of carbonyl (C=O) groups excluding carboxylic acids is 1. The number of hydrogen-bond donors (Lipinski definition) is 2. The summed E-state index contributed by atoms with van der Waals surface area (Å²) in [4.78, 5) is 13.9. The van der Waals surface area contributed by atoms with Crippen molar-refractivity contribution >= 4 is 5.91 Å². The predicted octanol–water partition coefficient (Wildman–Crippen LogP) is 0.962. The highest BCUT2D eigenvalue weighted by molar-refractivity contribution is 5.78. The molecule has 104 valence electrons. The van der Waals surface area contributed by atoms with Crippen LogP contribution in [0.3, 0.4) is 0 Å². The van der Waals surface area contributed by atoms with Gasteiger partial charge in [0, 0.05) is 19.1 Å². The zero-order valence-electron chi connectivity index (χ0n) is 11.5. The molecule has 1 aliphatic heterocycles. The molecule has 4 nitrogen and oxygen atoms in total. The molecule has 2 rings (SSSR count). The van der Waals surface area contributed by atoms with Gasteiger partial charge in [-0.1, -0.05) is 26.2 Å². The molecule has 0 aromatic heterocycles. The highest BCUT2D eigenvalue weighted by Crippen LogP contribution is 2.34. The van der Waals surface area contributed by atoms with E-state index in [4.69, 9.17) is 5.73 Å². The van der Waals surface area contributed by atoms with Gasteiger partial charge in [0.1, 0.15) is 0 Å². The van der Waals surface area contributed by atoms with Gasteiger partial charge in [0.25, 0.3) is 0 Å². The summed E-state index contributed by atoms with van der Waals surface area (Å²) in [5, 5.41) is 2.91. The number of nitrogens with one attached hydrogen (secondary N) is 1. The Morgan fingerprint density at radius 2 is 2.28 bits per heavy atom. The Bertz CT molecular complexity index is 282. The number of carbonyl (C=O) groups is 1. The molecule has 0 bridgehead atoms. The molecule has 0 spiro atoms. The van der Waals surface area contributed by atoms with Gasteiger partial charge in [0.05, 0.1) is 6.54 Å². The summed E-state index contributed by atoms with van der Waals surface area (Å²) in [6.45, 7) is 5.39. The van der Waals surface area contributed by atoms with Crippen LogP contribution in [-0.4, -0.2) is 43.0 Å². The van der Waals surface area contributed by atoms with E-state index in [-0.39, 0.29) is 5.91 Å². The highest BCUT2D eigenvalue weighted by atomic mass is 16.2. The van der Waals surface area contributed by atoms with Gasteiger partial charge in [0.15, 0.2) is 0 Å². The van der Waals surface area contributed by atoms with E-state index in [1.54, 1.807) is 0 Å². The maximum Gasteiger partial charge on any atom is 0.234 e. The Hall–Kier alpha value is -0.610. The topological polar surface area (TPSA) is 58.4 Å². The van der Waals surface area contributed by atoms with Crippen molar-refractivity contribution in [3.8, 4) is 0 Å². The third kappa shape index (κ3) is 3.23. The Balaban J connectivity index is 1.98. The van der Waals surface area contributed by atoms with Gasteiger partial charge < -0.3 is 11.1 Å². The third-order valence-corrected chi connectivity index (χ3v) is 4.60. The highest BCUT2D eigenvalue weighted by Gasteiger charge is 2.34. The van der Waals surface area contributed by atoms with Crippen molar-refractivity contribution in [3.63, 3.8) is 0 Å². The average Bonchev–Trinajstić information content (AvgIpc) is 2.39. The van der Waals surface area contributed by atoms with Crippen LogP contribution in [0.5, 0.6) is 0 Å². The van der Waals surface area contributed by atoms with E-state index in [2.05, 4.69) is 17.1 Å². The molecule has 1 heterocycles. The Kier molecular flexibility index (Phi) is 5.01. The van der Waals surface area contributed by atoms with E-state index in [9.17, 15) is 4.79 Å². The molecule has 3 N–H and O–H groups in total. The van der Waals surface area contributed by atoms with Crippen LogP contribution in [0, 0.1) is 11.8 Å². The van der Waals surface area contributed by atoms with Crippen molar-refractivity contribution in [2.24, 2.45) is 17.6 Å². The number of nitrogens with zero attached hydrogens (tertiary/aromatic N) is 1. The third-order valence-electron chi connectivity index (χ3n) is 4.60. The lowest BCUT2D eigenvalue weighted by molar-refractivity contribution is -0.125. The lowest BCUT2D eigenvalue weighted by Crippen LogP contribution is -2.55. The molecule has 3 atom stereocenters. The SMILES string of the molecule is CCCC1CCC(CN)C(N2CCNC(=O)C2)C1. The number of hydrogen-bond acceptors (Lipinski definition) is 3. The monoisotopic (exact) mass is 253 g/mol. The summed E-state index contributed by atoms with van der Waals surface area (Å²) in [5.74, 6) is 1.60. The average molecular weight is 253 g/mol. The van der Waals surface area contributed by atoms with Gasteiger partial charge in [-0.15, -0.1) is 0 Å². The minimum absolute atomic E-state index is 0.176. The summed E-state index contributed by atoms with van der Waals surface area (Å²) >= 11 is 0. The minimum atomic E-state index is 0.176. The first kappa shape index (κ1) is 13.8. The fourth-order valence-electron chi connectivity index (χ4n) is 3.63. The van der Waals surface area contributed by atoms with Crippen LogP contribution in [-0.2, 0) is 4.79 Å². The largest absolute Gasteiger partial charge is 0.354 e. The number of piperazine rings is 1. The first-order valence-electron chi connectivity index (χ1n) is 7.45. The molecule has 0 aromatic rings. The van der Waals surface area contributed by atoms with Crippen LogP contribution in [0.25, 0.3) is 0 Å². The van der Waals surface area contributed by atoms with Gasteiger partial charge in [-0.05, 0) is 31.2 Å². The van der Waals surface area contributed by atoms with Crippen LogP contribution in [0.4, 0.5) is 0 Å². The Morgan fingerprint density at radius 3 is 2.94 bits per heavy atom. The first-order chi connectivity index (χ1) is 8.74.